The number of aliphatic carboxylic acids is 1. The van der Waals surface area contributed by atoms with Crippen molar-refractivity contribution in [3.05, 3.63) is 0 Å². The molecule has 0 radical (unpaired) electrons. The predicted octanol–water partition coefficient (Wildman–Crippen LogP) is 1.16. The van der Waals surface area contributed by atoms with Crippen LogP contribution in [0.5, 0.6) is 0 Å². The number of carboxylic acid groups (broad SMARTS) is 1. The van der Waals surface area contributed by atoms with E-state index in [-0.39, 0.29) is 19.1 Å². The van der Waals surface area contributed by atoms with Crippen LogP contribution in [-0.2, 0) is 14.3 Å². The maximum absolute atomic E-state index is 11.4. The first kappa shape index (κ1) is 14.0. The van der Waals surface area contributed by atoms with E-state index in [1.165, 1.54) is 0 Å². The van der Waals surface area contributed by atoms with Crippen LogP contribution in [0.15, 0.2) is 0 Å². The minimum absolute atomic E-state index is 0.0803. The lowest BCUT2D eigenvalue weighted by Crippen LogP contribution is -2.42. The van der Waals surface area contributed by atoms with Crippen LogP contribution in [0.25, 0.3) is 0 Å². The van der Waals surface area contributed by atoms with Crippen LogP contribution in [0, 0.1) is 11.3 Å². The van der Waals surface area contributed by atoms with E-state index in [9.17, 15) is 14.7 Å². The molecule has 98 valence electrons. The van der Waals surface area contributed by atoms with Crippen LogP contribution in [0.2, 0.25) is 0 Å². The van der Waals surface area contributed by atoms with Crippen molar-refractivity contribution in [2.24, 2.45) is 17.1 Å². The van der Waals surface area contributed by atoms with Gasteiger partial charge in [0.25, 0.3) is 0 Å². The van der Waals surface area contributed by atoms with Crippen LogP contribution >= 0.6 is 0 Å². The second kappa shape index (κ2) is 6.00. The summed E-state index contributed by atoms with van der Waals surface area (Å²) < 4.78 is 4.93. The average Bonchev–Trinajstić information content (AvgIpc) is 2.36. The molecule has 5 heteroatoms. The number of hydrogen-bond acceptors (Lipinski definition) is 4. The first-order valence-corrected chi connectivity index (χ1v) is 6.10. The quantitative estimate of drug-likeness (QED) is 0.707. The molecule has 3 N–H and O–H groups in total. The summed E-state index contributed by atoms with van der Waals surface area (Å²) in [6, 6.07) is 0. The average molecular weight is 243 g/mol. The van der Waals surface area contributed by atoms with E-state index in [0.29, 0.717) is 0 Å². The summed E-state index contributed by atoms with van der Waals surface area (Å²) in [5.41, 5.74) is 4.15. The summed E-state index contributed by atoms with van der Waals surface area (Å²) in [6.07, 6.45) is 5.05. The van der Waals surface area contributed by atoms with Gasteiger partial charge in [0.1, 0.15) is 12.0 Å². The molecule has 0 bridgehead atoms. The van der Waals surface area contributed by atoms with Gasteiger partial charge in [-0.25, -0.2) is 0 Å². The van der Waals surface area contributed by atoms with Crippen LogP contribution in [0.3, 0.4) is 0 Å². The fourth-order valence-corrected chi connectivity index (χ4v) is 2.38. The Hall–Kier alpha value is -1.10. The van der Waals surface area contributed by atoms with Gasteiger partial charge < -0.3 is 15.6 Å². The number of hydrogen-bond donors (Lipinski definition) is 2. The van der Waals surface area contributed by atoms with Gasteiger partial charge in [0, 0.05) is 0 Å². The summed E-state index contributed by atoms with van der Waals surface area (Å²) in [5.74, 6) is -1.36. The Morgan fingerprint density at radius 2 is 1.94 bits per heavy atom. The summed E-state index contributed by atoms with van der Waals surface area (Å²) >= 11 is 0. The van der Waals surface area contributed by atoms with Crippen molar-refractivity contribution in [1.82, 2.24) is 0 Å². The van der Waals surface area contributed by atoms with Crippen molar-refractivity contribution < 1.29 is 19.4 Å². The second-order valence-electron chi connectivity index (χ2n) is 4.92. The molecule has 17 heavy (non-hydrogen) atoms. The van der Waals surface area contributed by atoms with Crippen LogP contribution < -0.4 is 5.73 Å². The third kappa shape index (κ3) is 3.43. The van der Waals surface area contributed by atoms with Gasteiger partial charge in [-0.3, -0.25) is 9.59 Å². The highest BCUT2D eigenvalue weighted by Gasteiger charge is 2.42. The summed E-state index contributed by atoms with van der Waals surface area (Å²) in [5, 5.41) is 9.35. The van der Waals surface area contributed by atoms with Gasteiger partial charge in [0.05, 0.1) is 6.54 Å². The van der Waals surface area contributed by atoms with E-state index in [0.717, 1.165) is 32.1 Å². The number of carboxylic acids is 1. The number of esters is 1. The lowest BCUT2D eigenvalue weighted by Gasteiger charge is -2.35. The molecule has 0 saturated heterocycles. The highest BCUT2D eigenvalue weighted by Crippen LogP contribution is 2.39. The van der Waals surface area contributed by atoms with Gasteiger partial charge in [-0.15, -0.1) is 0 Å². The molecule has 0 aromatic carbocycles. The molecule has 5 nitrogen and oxygen atoms in total. The lowest BCUT2D eigenvalue weighted by molar-refractivity contribution is -0.162. The predicted molar refractivity (Wildman–Crippen MR) is 62.3 cm³/mol. The summed E-state index contributed by atoms with van der Waals surface area (Å²) in [4.78, 5) is 22.4. The molecular formula is C12H21NO4. The monoisotopic (exact) mass is 243 g/mol. The van der Waals surface area contributed by atoms with E-state index in [1.54, 1.807) is 6.92 Å². The van der Waals surface area contributed by atoms with Crippen LogP contribution in [0.1, 0.15) is 39.0 Å². The Morgan fingerprint density at radius 3 is 2.41 bits per heavy atom. The molecule has 1 rings (SSSR count). The number of rotatable bonds is 5. The van der Waals surface area contributed by atoms with Gasteiger partial charge in [0.15, 0.2) is 0 Å². The Kier molecular flexibility index (Phi) is 4.93. The zero-order chi connectivity index (χ0) is 12.9. The fourth-order valence-electron chi connectivity index (χ4n) is 2.38. The highest BCUT2D eigenvalue weighted by molar-refractivity contribution is 5.76. The van der Waals surface area contributed by atoms with Gasteiger partial charge >= 0.3 is 11.9 Å². The Morgan fingerprint density at radius 1 is 1.35 bits per heavy atom. The molecule has 0 aromatic rings. The number of carbonyl (C=O) groups is 2. The zero-order valence-corrected chi connectivity index (χ0v) is 10.3. The molecule has 1 aliphatic rings. The van der Waals surface area contributed by atoms with Crippen molar-refractivity contribution in [2.75, 3.05) is 13.2 Å². The molecule has 0 aliphatic heterocycles. The van der Waals surface area contributed by atoms with Gasteiger partial charge in [-0.1, -0.05) is 19.3 Å². The smallest absolute Gasteiger partial charge is 0.319 e. The molecule has 1 aliphatic carbocycles. The SMILES string of the molecule is CC(COC(=O)CN)(C(=O)O)C1CCCCC1. The van der Waals surface area contributed by atoms with E-state index >= 15 is 0 Å². The third-order valence-electron chi connectivity index (χ3n) is 3.69. The largest absolute Gasteiger partial charge is 0.481 e. The highest BCUT2D eigenvalue weighted by atomic mass is 16.5. The van der Waals surface area contributed by atoms with Gasteiger partial charge in [0.2, 0.25) is 0 Å². The van der Waals surface area contributed by atoms with Crippen molar-refractivity contribution in [3.63, 3.8) is 0 Å². The first-order chi connectivity index (χ1) is 8.00. The standard InChI is InChI=1S/C12H21NO4/c1-12(11(15)16,8-17-10(14)7-13)9-5-3-2-4-6-9/h9H,2-8,13H2,1H3,(H,15,16). The van der Waals surface area contributed by atoms with Crippen LogP contribution in [-0.4, -0.2) is 30.2 Å². The molecule has 1 unspecified atom stereocenters. The molecule has 0 heterocycles. The molecular weight excluding hydrogens is 222 g/mol. The molecule has 0 spiro atoms. The molecule has 1 atom stereocenters. The molecule has 0 aromatic heterocycles. The van der Waals surface area contributed by atoms with E-state index < -0.39 is 17.4 Å². The van der Waals surface area contributed by atoms with Crippen molar-refractivity contribution in [2.45, 2.75) is 39.0 Å². The van der Waals surface area contributed by atoms with Crippen molar-refractivity contribution in [1.29, 1.82) is 0 Å². The zero-order valence-electron chi connectivity index (χ0n) is 10.3. The summed E-state index contributed by atoms with van der Waals surface area (Å²) in [6.45, 7) is 1.37. The Balaban J connectivity index is 2.66. The third-order valence-corrected chi connectivity index (χ3v) is 3.69. The number of ether oxygens (including phenoxy) is 1. The first-order valence-electron chi connectivity index (χ1n) is 6.10. The van der Waals surface area contributed by atoms with E-state index in [4.69, 9.17) is 10.5 Å². The van der Waals surface area contributed by atoms with Gasteiger partial charge in [-0.05, 0) is 25.7 Å². The maximum Gasteiger partial charge on any atom is 0.319 e. The Bertz CT molecular complexity index is 286. The fraction of sp³-hybridized carbons (Fsp3) is 0.833. The normalized spacial score (nSPS) is 20.6. The maximum atomic E-state index is 11.4. The topological polar surface area (TPSA) is 89.6 Å². The van der Waals surface area contributed by atoms with Gasteiger partial charge in [-0.2, -0.15) is 0 Å². The minimum Gasteiger partial charge on any atom is -0.481 e. The Labute approximate surface area is 101 Å². The minimum atomic E-state index is -0.981. The molecule has 0 amide bonds. The van der Waals surface area contributed by atoms with Crippen molar-refractivity contribution in [3.8, 4) is 0 Å². The summed E-state index contributed by atoms with van der Waals surface area (Å²) in [7, 11) is 0. The van der Waals surface area contributed by atoms with E-state index in [2.05, 4.69) is 0 Å². The molecule has 1 fully saturated rings. The number of nitrogens with two attached hydrogens (primary N) is 1. The molecule has 1 saturated carbocycles. The van der Waals surface area contributed by atoms with Crippen molar-refractivity contribution >= 4 is 11.9 Å². The second-order valence-corrected chi connectivity index (χ2v) is 4.92. The van der Waals surface area contributed by atoms with Crippen LogP contribution in [0.4, 0.5) is 0 Å². The lowest BCUT2D eigenvalue weighted by atomic mass is 9.70. The number of carbonyl (C=O) groups excluding carboxylic acids is 1. The van der Waals surface area contributed by atoms with E-state index in [1.807, 2.05) is 0 Å².